The molecule has 0 aliphatic rings. The molecule has 2 aromatic carbocycles. The highest BCUT2D eigenvalue weighted by atomic mass is 35.5. The average Bonchev–Trinajstić information content (AvgIpc) is 2.58. The maximum atomic E-state index is 12.5. The highest BCUT2D eigenvalue weighted by Crippen LogP contribution is 2.34. The molecular formula is C20H23ClN2O3. The van der Waals surface area contributed by atoms with Crippen LogP contribution in [-0.4, -0.2) is 25.5 Å². The molecule has 0 aliphatic carbocycles. The van der Waals surface area contributed by atoms with Crippen molar-refractivity contribution >= 4 is 34.8 Å². The summed E-state index contributed by atoms with van der Waals surface area (Å²) in [5.41, 5.74) is 4.23. The number of ether oxygens (including phenoxy) is 1. The molecule has 138 valence electrons. The summed E-state index contributed by atoms with van der Waals surface area (Å²) in [6.07, 6.45) is 0. The summed E-state index contributed by atoms with van der Waals surface area (Å²) in [7, 11) is 1.50. The Labute approximate surface area is 158 Å². The number of nitrogens with one attached hydrogen (secondary N) is 1. The zero-order chi connectivity index (χ0) is 19.4. The lowest BCUT2D eigenvalue weighted by Crippen LogP contribution is -2.37. The van der Waals surface area contributed by atoms with E-state index < -0.39 is 0 Å². The molecule has 0 saturated heterocycles. The van der Waals surface area contributed by atoms with Gasteiger partial charge in [-0.05, 0) is 55.7 Å². The standard InChI is InChI=1S/C20H23ClN2O3/c1-12-6-7-16(8-13(12)2)22-20(25)11-23(15(4)24)18-9-14(3)17(21)10-19(18)26-5/h6-10H,11H2,1-5H3,(H,22,25). The fourth-order valence-corrected chi connectivity index (χ4v) is 2.71. The molecule has 6 heteroatoms. The summed E-state index contributed by atoms with van der Waals surface area (Å²) >= 11 is 6.13. The molecule has 0 saturated carbocycles. The van der Waals surface area contributed by atoms with Crippen molar-refractivity contribution in [1.82, 2.24) is 0 Å². The number of methoxy groups -OCH3 is 1. The number of amides is 2. The Kier molecular flexibility index (Phi) is 6.27. The second-order valence-corrected chi connectivity index (χ2v) is 6.63. The zero-order valence-electron chi connectivity index (χ0n) is 15.6. The van der Waals surface area contributed by atoms with E-state index in [2.05, 4.69) is 5.32 Å². The van der Waals surface area contributed by atoms with Gasteiger partial charge in [0, 0.05) is 23.7 Å². The van der Waals surface area contributed by atoms with Gasteiger partial charge in [-0.3, -0.25) is 14.5 Å². The summed E-state index contributed by atoms with van der Waals surface area (Å²) in [5, 5.41) is 3.36. The molecule has 0 aliphatic heterocycles. The van der Waals surface area contributed by atoms with Gasteiger partial charge >= 0.3 is 0 Å². The number of halogens is 1. The number of benzene rings is 2. The first-order valence-corrected chi connectivity index (χ1v) is 8.60. The van der Waals surface area contributed by atoms with Gasteiger partial charge in [0.25, 0.3) is 0 Å². The number of rotatable bonds is 5. The molecule has 2 rings (SSSR count). The Morgan fingerprint density at radius 1 is 1.08 bits per heavy atom. The van der Waals surface area contributed by atoms with Gasteiger partial charge in [-0.15, -0.1) is 0 Å². The predicted octanol–water partition coefficient (Wildman–Crippen LogP) is 4.27. The van der Waals surface area contributed by atoms with Crippen molar-refractivity contribution in [2.45, 2.75) is 27.7 Å². The summed E-state index contributed by atoms with van der Waals surface area (Å²) in [5.74, 6) is -0.117. The number of aryl methyl sites for hydroxylation is 3. The first-order chi connectivity index (χ1) is 12.2. The van der Waals surface area contributed by atoms with Gasteiger partial charge in [0.1, 0.15) is 12.3 Å². The fourth-order valence-electron chi connectivity index (χ4n) is 2.55. The van der Waals surface area contributed by atoms with Crippen LogP contribution in [0.3, 0.4) is 0 Å². The smallest absolute Gasteiger partial charge is 0.244 e. The Bertz CT molecular complexity index is 849. The minimum atomic E-state index is -0.293. The van der Waals surface area contributed by atoms with Gasteiger partial charge in [-0.1, -0.05) is 17.7 Å². The number of carbonyl (C=O) groups excluding carboxylic acids is 2. The van der Waals surface area contributed by atoms with E-state index in [1.54, 1.807) is 12.1 Å². The maximum Gasteiger partial charge on any atom is 0.244 e. The normalized spacial score (nSPS) is 10.4. The minimum absolute atomic E-state index is 0.125. The molecule has 0 unspecified atom stereocenters. The topological polar surface area (TPSA) is 58.6 Å². The van der Waals surface area contributed by atoms with Gasteiger partial charge in [0.2, 0.25) is 11.8 Å². The molecule has 0 heterocycles. The largest absolute Gasteiger partial charge is 0.495 e. The van der Waals surface area contributed by atoms with E-state index in [1.807, 2.05) is 39.0 Å². The Morgan fingerprint density at radius 2 is 1.77 bits per heavy atom. The first kappa shape index (κ1) is 19.8. The van der Waals surface area contributed by atoms with Crippen LogP contribution < -0.4 is 15.0 Å². The highest BCUT2D eigenvalue weighted by Gasteiger charge is 2.21. The van der Waals surface area contributed by atoms with E-state index in [1.165, 1.54) is 18.9 Å². The summed E-state index contributed by atoms with van der Waals surface area (Å²) in [6, 6.07) is 9.07. The van der Waals surface area contributed by atoms with E-state index in [4.69, 9.17) is 16.3 Å². The summed E-state index contributed by atoms with van der Waals surface area (Å²) in [6.45, 7) is 7.10. The van der Waals surface area contributed by atoms with Crippen molar-refractivity contribution in [1.29, 1.82) is 0 Å². The maximum absolute atomic E-state index is 12.5. The number of carbonyl (C=O) groups is 2. The second kappa shape index (κ2) is 8.23. The molecule has 2 amide bonds. The number of nitrogens with zero attached hydrogens (tertiary/aromatic N) is 1. The molecule has 0 bridgehead atoms. The van der Waals surface area contributed by atoms with Crippen molar-refractivity contribution in [3.8, 4) is 5.75 Å². The minimum Gasteiger partial charge on any atom is -0.495 e. The first-order valence-electron chi connectivity index (χ1n) is 8.22. The third-order valence-corrected chi connectivity index (χ3v) is 4.63. The molecule has 0 radical (unpaired) electrons. The van der Waals surface area contributed by atoms with Crippen molar-refractivity contribution in [3.05, 3.63) is 52.0 Å². The lowest BCUT2D eigenvalue weighted by atomic mass is 10.1. The van der Waals surface area contributed by atoms with E-state index in [0.717, 1.165) is 16.7 Å². The third-order valence-electron chi connectivity index (χ3n) is 4.22. The van der Waals surface area contributed by atoms with Crippen LogP contribution in [0.1, 0.15) is 23.6 Å². The number of hydrogen-bond donors (Lipinski definition) is 1. The highest BCUT2D eigenvalue weighted by molar-refractivity contribution is 6.31. The molecule has 0 fully saturated rings. The molecule has 5 nitrogen and oxygen atoms in total. The van der Waals surface area contributed by atoms with Crippen LogP contribution in [-0.2, 0) is 9.59 Å². The van der Waals surface area contributed by atoms with E-state index >= 15 is 0 Å². The van der Waals surface area contributed by atoms with Crippen LogP contribution in [0.2, 0.25) is 5.02 Å². The Balaban J connectivity index is 2.25. The molecule has 1 N–H and O–H groups in total. The van der Waals surface area contributed by atoms with E-state index in [-0.39, 0.29) is 18.4 Å². The van der Waals surface area contributed by atoms with Crippen LogP contribution in [0.15, 0.2) is 30.3 Å². The van der Waals surface area contributed by atoms with Gasteiger partial charge in [0.15, 0.2) is 0 Å². The Hall–Kier alpha value is -2.53. The van der Waals surface area contributed by atoms with Crippen molar-refractivity contribution in [3.63, 3.8) is 0 Å². The lowest BCUT2D eigenvalue weighted by Gasteiger charge is -2.23. The number of hydrogen-bond acceptors (Lipinski definition) is 3. The van der Waals surface area contributed by atoms with Crippen LogP contribution in [0, 0.1) is 20.8 Å². The fraction of sp³-hybridized carbons (Fsp3) is 0.300. The molecular weight excluding hydrogens is 352 g/mol. The molecule has 2 aromatic rings. The quantitative estimate of drug-likeness (QED) is 0.850. The van der Waals surface area contributed by atoms with Crippen molar-refractivity contribution in [2.24, 2.45) is 0 Å². The zero-order valence-corrected chi connectivity index (χ0v) is 16.4. The van der Waals surface area contributed by atoms with Gasteiger partial charge in [0.05, 0.1) is 12.8 Å². The van der Waals surface area contributed by atoms with Crippen LogP contribution in [0.5, 0.6) is 5.75 Å². The summed E-state index contributed by atoms with van der Waals surface area (Å²) < 4.78 is 5.33. The second-order valence-electron chi connectivity index (χ2n) is 6.23. The van der Waals surface area contributed by atoms with Crippen LogP contribution >= 0.6 is 11.6 Å². The van der Waals surface area contributed by atoms with Crippen molar-refractivity contribution < 1.29 is 14.3 Å². The predicted molar refractivity (Wildman–Crippen MR) is 105 cm³/mol. The lowest BCUT2D eigenvalue weighted by molar-refractivity contribution is -0.120. The Morgan fingerprint density at radius 3 is 2.35 bits per heavy atom. The molecule has 0 spiro atoms. The average molecular weight is 375 g/mol. The van der Waals surface area contributed by atoms with E-state index in [0.29, 0.717) is 22.1 Å². The monoisotopic (exact) mass is 374 g/mol. The number of anilines is 2. The van der Waals surface area contributed by atoms with Crippen molar-refractivity contribution in [2.75, 3.05) is 23.9 Å². The molecule has 0 atom stereocenters. The van der Waals surface area contributed by atoms with Gasteiger partial charge in [-0.2, -0.15) is 0 Å². The molecule has 26 heavy (non-hydrogen) atoms. The molecule has 0 aromatic heterocycles. The summed E-state index contributed by atoms with van der Waals surface area (Å²) in [4.78, 5) is 26.0. The third kappa shape index (κ3) is 4.55. The van der Waals surface area contributed by atoms with Crippen LogP contribution in [0.25, 0.3) is 0 Å². The van der Waals surface area contributed by atoms with Gasteiger partial charge in [-0.25, -0.2) is 0 Å². The van der Waals surface area contributed by atoms with E-state index in [9.17, 15) is 9.59 Å². The van der Waals surface area contributed by atoms with Crippen LogP contribution in [0.4, 0.5) is 11.4 Å². The SMILES string of the molecule is COc1cc(Cl)c(C)cc1N(CC(=O)Nc1ccc(C)c(C)c1)C(C)=O. The van der Waals surface area contributed by atoms with Gasteiger partial charge < -0.3 is 10.1 Å².